The molecule has 5 nitrogen and oxygen atoms in total. The average Bonchev–Trinajstić information content (AvgIpc) is 2.80. The van der Waals surface area contributed by atoms with E-state index in [1.165, 1.54) is 0 Å². The summed E-state index contributed by atoms with van der Waals surface area (Å²) in [4.78, 5) is 12.2. The van der Waals surface area contributed by atoms with Crippen LogP contribution in [0.1, 0.15) is 11.1 Å². The summed E-state index contributed by atoms with van der Waals surface area (Å²) >= 11 is 11.8. The van der Waals surface area contributed by atoms with Crippen LogP contribution in [-0.2, 0) is 11.3 Å². The molecule has 7 heteroatoms. The molecular formula is C16H14Cl2N4O. The highest BCUT2D eigenvalue weighted by Gasteiger charge is 2.11. The lowest BCUT2D eigenvalue weighted by atomic mass is 10.1. The van der Waals surface area contributed by atoms with E-state index in [1.807, 2.05) is 26.0 Å². The zero-order valence-electron chi connectivity index (χ0n) is 12.6. The first-order valence-electron chi connectivity index (χ1n) is 6.99. The largest absolute Gasteiger partial charge is 0.324 e. The molecule has 2 aromatic carbocycles. The van der Waals surface area contributed by atoms with Crippen molar-refractivity contribution in [1.82, 2.24) is 15.0 Å². The summed E-state index contributed by atoms with van der Waals surface area (Å²) in [5.41, 5.74) is 4.41. The molecule has 3 rings (SSSR count). The van der Waals surface area contributed by atoms with E-state index in [9.17, 15) is 4.79 Å². The van der Waals surface area contributed by atoms with Gasteiger partial charge in [0.15, 0.2) is 0 Å². The lowest BCUT2D eigenvalue weighted by Gasteiger charge is -2.07. The summed E-state index contributed by atoms with van der Waals surface area (Å²) in [6, 6.07) is 8.82. The zero-order valence-corrected chi connectivity index (χ0v) is 14.1. The van der Waals surface area contributed by atoms with Crippen LogP contribution in [0.5, 0.6) is 0 Å². The van der Waals surface area contributed by atoms with E-state index in [4.69, 9.17) is 23.2 Å². The van der Waals surface area contributed by atoms with Gasteiger partial charge in [-0.05, 0) is 55.3 Å². The number of anilines is 1. The second kappa shape index (κ2) is 6.18. The van der Waals surface area contributed by atoms with Crippen LogP contribution in [0.2, 0.25) is 10.0 Å². The molecule has 1 aromatic heterocycles. The summed E-state index contributed by atoms with van der Waals surface area (Å²) in [7, 11) is 0. The third-order valence-corrected chi connectivity index (χ3v) is 4.01. The second-order valence-corrected chi connectivity index (χ2v) is 6.25. The van der Waals surface area contributed by atoms with Crippen molar-refractivity contribution in [3.05, 3.63) is 51.5 Å². The number of nitrogens with zero attached hydrogens (tertiary/aromatic N) is 3. The maximum Gasteiger partial charge on any atom is 0.246 e. The number of hydrogen-bond donors (Lipinski definition) is 1. The predicted octanol–water partition coefficient (Wildman–Crippen LogP) is 3.99. The molecule has 1 amide bonds. The minimum atomic E-state index is -0.228. The third kappa shape index (κ3) is 3.46. The Kier molecular flexibility index (Phi) is 4.24. The van der Waals surface area contributed by atoms with Gasteiger partial charge in [-0.1, -0.05) is 28.4 Å². The van der Waals surface area contributed by atoms with Gasteiger partial charge in [-0.25, -0.2) is 4.68 Å². The number of aromatic nitrogens is 3. The van der Waals surface area contributed by atoms with Crippen LogP contribution in [0.4, 0.5) is 5.69 Å². The quantitative estimate of drug-likeness (QED) is 0.778. The Hall–Kier alpha value is -2.11. The molecule has 0 aliphatic carbocycles. The molecule has 0 bridgehead atoms. The van der Waals surface area contributed by atoms with Crippen LogP contribution in [-0.4, -0.2) is 20.9 Å². The number of amides is 1. The van der Waals surface area contributed by atoms with Gasteiger partial charge in [0.1, 0.15) is 12.1 Å². The Bertz CT molecular complexity index is 884. The summed E-state index contributed by atoms with van der Waals surface area (Å²) in [6.45, 7) is 4.09. The Morgan fingerprint density at radius 3 is 2.43 bits per heavy atom. The molecule has 3 aromatic rings. The lowest BCUT2D eigenvalue weighted by Crippen LogP contribution is -2.19. The maximum absolute atomic E-state index is 12.2. The zero-order chi connectivity index (χ0) is 16.6. The lowest BCUT2D eigenvalue weighted by molar-refractivity contribution is -0.116. The van der Waals surface area contributed by atoms with Crippen molar-refractivity contribution in [1.29, 1.82) is 0 Å². The van der Waals surface area contributed by atoms with Crippen LogP contribution in [0, 0.1) is 13.8 Å². The number of halogens is 2. The average molecular weight is 349 g/mol. The number of nitrogens with one attached hydrogen (secondary N) is 1. The van der Waals surface area contributed by atoms with Gasteiger partial charge in [0.05, 0.1) is 5.52 Å². The second-order valence-electron chi connectivity index (χ2n) is 5.38. The fourth-order valence-corrected chi connectivity index (χ4v) is 2.83. The first-order valence-corrected chi connectivity index (χ1v) is 7.74. The van der Waals surface area contributed by atoms with Crippen molar-refractivity contribution in [3.63, 3.8) is 0 Å². The van der Waals surface area contributed by atoms with E-state index in [-0.39, 0.29) is 12.5 Å². The molecule has 23 heavy (non-hydrogen) atoms. The summed E-state index contributed by atoms with van der Waals surface area (Å²) in [6.07, 6.45) is 0. The number of aryl methyl sites for hydroxylation is 2. The Balaban J connectivity index is 1.81. The topological polar surface area (TPSA) is 59.8 Å². The predicted molar refractivity (Wildman–Crippen MR) is 92.1 cm³/mol. The van der Waals surface area contributed by atoms with Gasteiger partial charge in [-0.3, -0.25) is 4.79 Å². The monoisotopic (exact) mass is 348 g/mol. The number of carbonyl (C=O) groups is 1. The van der Waals surface area contributed by atoms with Crippen molar-refractivity contribution in [3.8, 4) is 0 Å². The van der Waals surface area contributed by atoms with E-state index >= 15 is 0 Å². The Morgan fingerprint density at radius 1 is 1.09 bits per heavy atom. The van der Waals surface area contributed by atoms with E-state index in [0.717, 1.165) is 22.2 Å². The summed E-state index contributed by atoms with van der Waals surface area (Å²) < 4.78 is 1.57. The van der Waals surface area contributed by atoms with Gasteiger partial charge in [-0.15, -0.1) is 5.10 Å². The molecule has 0 unspecified atom stereocenters. The summed E-state index contributed by atoms with van der Waals surface area (Å²) in [5, 5.41) is 11.8. The molecule has 0 saturated carbocycles. The Morgan fingerprint density at radius 2 is 1.74 bits per heavy atom. The van der Waals surface area contributed by atoms with Crippen molar-refractivity contribution in [2.24, 2.45) is 0 Å². The number of benzene rings is 2. The number of hydrogen-bond acceptors (Lipinski definition) is 3. The molecule has 1 N–H and O–H groups in total. The van der Waals surface area contributed by atoms with Gasteiger partial charge < -0.3 is 5.32 Å². The number of fused-ring (bicyclic) bond motifs is 1. The van der Waals surface area contributed by atoms with E-state index in [0.29, 0.717) is 15.7 Å². The van der Waals surface area contributed by atoms with Gasteiger partial charge >= 0.3 is 0 Å². The SMILES string of the molecule is Cc1cc2nnn(CC(=O)Nc3cc(Cl)cc(Cl)c3)c2cc1C. The minimum Gasteiger partial charge on any atom is -0.324 e. The third-order valence-electron chi connectivity index (χ3n) is 3.57. The molecule has 0 radical (unpaired) electrons. The van der Waals surface area contributed by atoms with Crippen molar-refractivity contribution in [2.75, 3.05) is 5.32 Å². The summed E-state index contributed by atoms with van der Waals surface area (Å²) in [5.74, 6) is -0.228. The molecule has 118 valence electrons. The Labute approximate surface area is 143 Å². The standard InChI is InChI=1S/C16H14Cl2N4O/c1-9-3-14-15(4-10(9)2)22(21-20-14)8-16(23)19-13-6-11(17)5-12(18)7-13/h3-7H,8H2,1-2H3,(H,19,23). The first kappa shape index (κ1) is 15.8. The van der Waals surface area contributed by atoms with E-state index in [1.54, 1.807) is 22.9 Å². The maximum atomic E-state index is 12.2. The van der Waals surface area contributed by atoms with Crippen molar-refractivity contribution >= 4 is 45.8 Å². The highest BCUT2D eigenvalue weighted by Crippen LogP contribution is 2.22. The fraction of sp³-hybridized carbons (Fsp3) is 0.188. The molecular weight excluding hydrogens is 335 g/mol. The minimum absolute atomic E-state index is 0.0587. The normalized spacial score (nSPS) is 11.0. The number of carbonyl (C=O) groups excluding carboxylic acids is 1. The number of rotatable bonds is 3. The molecule has 0 fully saturated rings. The van der Waals surface area contributed by atoms with Crippen LogP contribution in [0.25, 0.3) is 11.0 Å². The molecule has 0 spiro atoms. The molecule has 0 atom stereocenters. The van der Waals surface area contributed by atoms with E-state index < -0.39 is 0 Å². The highest BCUT2D eigenvalue weighted by atomic mass is 35.5. The molecule has 1 heterocycles. The van der Waals surface area contributed by atoms with Crippen LogP contribution in [0.3, 0.4) is 0 Å². The first-order chi connectivity index (χ1) is 10.9. The fourth-order valence-electron chi connectivity index (χ4n) is 2.30. The van der Waals surface area contributed by atoms with Crippen LogP contribution in [0.15, 0.2) is 30.3 Å². The van der Waals surface area contributed by atoms with Crippen molar-refractivity contribution in [2.45, 2.75) is 20.4 Å². The molecule has 0 saturated heterocycles. The van der Waals surface area contributed by atoms with Crippen LogP contribution >= 0.6 is 23.2 Å². The van der Waals surface area contributed by atoms with E-state index in [2.05, 4.69) is 15.6 Å². The smallest absolute Gasteiger partial charge is 0.246 e. The van der Waals surface area contributed by atoms with Gasteiger partial charge in [0.25, 0.3) is 0 Å². The highest BCUT2D eigenvalue weighted by molar-refractivity contribution is 6.35. The van der Waals surface area contributed by atoms with Crippen molar-refractivity contribution < 1.29 is 4.79 Å². The van der Waals surface area contributed by atoms with Gasteiger partial charge in [-0.2, -0.15) is 0 Å². The van der Waals surface area contributed by atoms with Crippen LogP contribution < -0.4 is 5.32 Å². The molecule has 0 aliphatic rings. The van der Waals surface area contributed by atoms with Gasteiger partial charge in [0, 0.05) is 15.7 Å². The van der Waals surface area contributed by atoms with Gasteiger partial charge in [0.2, 0.25) is 5.91 Å². The molecule has 0 aliphatic heterocycles.